The second kappa shape index (κ2) is 6.19. The fourth-order valence-corrected chi connectivity index (χ4v) is 3.48. The lowest BCUT2D eigenvalue weighted by Gasteiger charge is -2.07. The molecule has 0 saturated carbocycles. The summed E-state index contributed by atoms with van der Waals surface area (Å²) in [5.74, 6) is 3.20. The van der Waals surface area contributed by atoms with Crippen LogP contribution in [0, 0.1) is 13.8 Å². The number of carbonyl (C=O) groups is 1. The smallest absolute Gasteiger partial charge is 0.263 e. The van der Waals surface area contributed by atoms with Gasteiger partial charge in [-0.25, -0.2) is 4.72 Å². The molecule has 2 aromatic rings. The van der Waals surface area contributed by atoms with Crippen LogP contribution in [0.4, 0.5) is 5.69 Å². The number of aryl methyl sites for hydroxylation is 2. The molecule has 120 valence electrons. The van der Waals surface area contributed by atoms with Crippen molar-refractivity contribution in [3.63, 3.8) is 0 Å². The summed E-state index contributed by atoms with van der Waals surface area (Å²) in [4.78, 5) is 13.3. The Morgan fingerprint density at radius 2 is 2.05 bits per heavy atom. The number of aromatic nitrogens is 2. The molecule has 0 spiro atoms. The van der Waals surface area contributed by atoms with Crippen LogP contribution in [-0.4, -0.2) is 45.5 Å². The number of nitrogens with one attached hydrogen (secondary N) is 2. The second-order valence-electron chi connectivity index (χ2n) is 5.09. The molecular weight excluding hydrogens is 322 g/mol. The zero-order valence-corrected chi connectivity index (χ0v) is 14.4. The molecule has 0 fully saturated rings. The van der Waals surface area contributed by atoms with Crippen molar-refractivity contribution >= 4 is 48.7 Å². The van der Waals surface area contributed by atoms with Gasteiger partial charge in [0.05, 0.1) is 11.4 Å². The first-order chi connectivity index (χ1) is 10.2. The van der Waals surface area contributed by atoms with E-state index in [1.165, 1.54) is 17.6 Å². The van der Waals surface area contributed by atoms with Crippen LogP contribution in [0.3, 0.4) is 0 Å². The van der Waals surface area contributed by atoms with Gasteiger partial charge in [-0.1, -0.05) is 0 Å². The van der Waals surface area contributed by atoms with Crippen molar-refractivity contribution in [2.45, 2.75) is 13.8 Å². The van der Waals surface area contributed by atoms with Crippen molar-refractivity contribution in [2.24, 2.45) is 0 Å². The monoisotopic (exact) mass is 341 g/mol. The lowest BCUT2D eigenvalue weighted by molar-refractivity contribution is 0.0959. The topological polar surface area (TPSA) is 110 Å². The molecule has 1 unspecified atom stereocenters. The SMILES string of the molecule is C=S(C)(=O)NCCNC(=O)c1sc2nnc(C)c(C)c2c1N. The minimum absolute atomic E-state index is 0.272. The highest BCUT2D eigenvalue weighted by atomic mass is 32.2. The van der Waals surface area contributed by atoms with Gasteiger partial charge in [-0.15, -0.1) is 16.4 Å². The van der Waals surface area contributed by atoms with Crippen LogP contribution in [0.1, 0.15) is 20.9 Å². The fraction of sp³-hybridized carbons (Fsp3) is 0.385. The number of fused-ring (bicyclic) bond motifs is 1. The van der Waals surface area contributed by atoms with Gasteiger partial charge in [-0.05, 0) is 25.3 Å². The predicted molar refractivity (Wildman–Crippen MR) is 92.8 cm³/mol. The van der Waals surface area contributed by atoms with Crippen LogP contribution >= 0.6 is 11.3 Å². The number of amides is 1. The third kappa shape index (κ3) is 3.54. The Labute approximate surface area is 133 Å². The number of hydrogen-bond acceptors (Lipinski definition) is 6. The van der Waals surface area contributed by atoms with Gasteiger partial charge >= 0.3 is 0 Å². The molecule has 7 nitrogen and oxygen atoms in total. The summed E-state index contributed by atoms with van der Waals surface area (Å²) in [5.41, 5.74) is 8.25. The average molecular weight is 341 g/mol. The molecule has 0 aliphatic heterocycles. The number of carbonyl (C=O) groups excluding carboxylic acids is 1. The van der Waals surface area contributed by atoms with Crippen molar-refractivity contribution in [3.05, 3.63) is 16.1 Å². The molecule has 1 amide bonds. The molecule has 0 aliphatic rings. The molecule has 0 aliphatic carbocycles. The third-order valence-corrected chi connectivity index (χ3v) is 5.06. The number of anilines is 1. The molecule has 0 aromatic carbocycles. The van der Waals surface area contributed by atoms with Crippen molar-refractivity contribution in [2.75, 3.05) is 25.1 Å². The van der Waals surface area contributed by atoms with Gasteiger partial charge in [0.15, 0.2) is 0 Å². The molecular formula is C13H19N5O2S2. The number of nitrogen functional groups attached to an aromatic ring is 1. The van der Waals surface area contributed by atoms with Gasteiger partial charge < -0.3 is 11.1 Å². The Bertz CT molecular complexity index is 827. The molecule has 0 saturated heterocycles. The Balaban J connectivity index is 2.15. The molecule has 1 atom stereocenters. The molecule has 2 rings (SSSR count). The lowest BCUT2D eigenvalue weighted by Crippen LogP contribution is -2.34. The van der Waals surface area contributed by atoms with Gasteiger partial charge in [0, 0.05) is 34.4 Å². The van der Waals surface area contributed by atoms with E-state index in [2.05, 4.69) is 26.1 Å². The van der Waals surface area contributed by atoms with E-state index < -0.39 is 9.71 Å². The van der Waals surface area contributed by atoms with Crippen molar-refractivity contribution in [1.29, 1.82) is 0 Å². The summed E-state index contributed by atoms with van der Waals surface area (Å²) < 4.78 is 14.1. The zero-order chi connectivity index (χ0) is 16.5. The van der Waals surface area contributed by atoms with Crippen molar-refractivity contribution in [3.8, 4) is 0 Å². The number of hydrogen-bond donors (Lipinski definition) is 3. The first kappa shape index (κ1) is 16.7. The van der Waals surface area contributed by atoms with E-state index >= 15 is 0 Å². The number of thiophene rings is 1. The molecule has 2 heterocycles. The van der Waals surface area contributed by atoms with Gasteiger partial charge in [-0.3, -0.25) is 9.00 Å². The van der Waals surface area contributed by atoms with Crippen molar-refractivity contribution in [1.82, 2.24) is 20.2 Å². The maximum atomic E-state index is 12.2. The van der Waals surface area contributed by atoms with Crippen LogP contribution in [0.5, 0.6) is 0 Å². The van der Waals surface area contributed by atoms with E-state index in [1.54, 1.807) is 0 Å². The van der Waals surface area contributed by atoms with Gasteiger partial charge in [0.2, 0.25) is 0 Å². The number of nitrogens with two attached hydrogens (primary N) is 1. The Kier molecular flexibility index (Phi) is 4.69. The first-order valence-corrected chi connectivity index (χ1v) is 9.53. The molecule has 2 aromatic heterocycles. The third-order valence-electron chi connectivity index (χ3n) is 3.16. The molecule has 22 heavy (non-hydrogen) atoms. The first-order valence-electron chi connectivity index (χ1n) is 6.57. The van der Waals surface area contributed by atoms with E-state index in [0.717, 1.165) is 16.6 Å². The number of rotatable bonds is 5. The normalized spacial score (nSPS) is 14.0. The lowest BCUT2D eigenvalue weighted by atomic mass is 10.1. The highest BCUT2D eigenvalue weighted by Crippen LogP contribution is 2.34. The summed E-state index contributed by atoms with van der Waals surface area (Å²) in [6.45, 7) is 4.46. The quantitative estimate of drug-likeness (QED) is 0.541. The largest absolute Gasteiger partial charge is 0.397 e. The van der Waals surface area contributed by atoms with E-state index in [4.69, 9.17) is 5.73 Å². The van der Waals surface area contributed by atoms with Crippen LogP contribution < -0.4 is 15.8 Å². The van der Waals surface area contributed by atoms with Crippen LogP contribution in [0.2, 0.25) is 0 Å². The maximum Gasteiger partial charge on any atom is 0.263 e. The summed E-state index contributed by atoms with van der Waals surface area (Å²) in [6, 6.07) is 0. The van der Waals surface area contributed by atoms with Crippen LogP contribution in [-0.2, 0) is 9.71 Å². The van der Waals surface area contributed by atoms with Crippen LogP contribution in [0.15, 0.2) is 0 Å². The zero-order valence-electron chi connectivity index (χ0n) is 12.7. The average Bonchev–Trinajstić information content (AvgIpc) is 2.76. The molecule has 4 N–H and O–H groups in total. The standard InChI is InChI=1S/C13H19N5O2S2/c1-7-8(2)17-18-13-9(7)10(14)11(21-13)12(19)15-5-6-16-22(3,4)20/h3,5-6,14H2,1-2,4H3,(H,15,19)(H,16,20). The van der Waals surface area contributed by atoms with E-state index in [-0.39, 0.29) is 5.91 Å². The fourth-order valence-electron chi connectivity index (χ4n) is 1.93. The molecule has 0 bridgehead atoms. The summed E-state index contributed by atoms with van der Waals surface area (Å²) >= 11 is 1.22. The van der Waals surface area contributed by atoms with Gasteiger partial charge in [-0.2, -0.15) is 5.10 Å². The maximum absolute atomic E-state index is 12.2. The summed E-state index contributed by atoms with van der Waals surface area (Å²) in [5, 5.41) is 11.7. The summed E-state index contributed by atoms with van der Waals surface area (Å²) in [7, 11) is -2.27. The van der Waals surface area contributed by atoms with Crippen LogP contribution in [0.25, 0.3) is 10.2 Å². The highest BCUT2D eigenvalue weighted by Gasteiger charge is 2.19. The van der Waals surface area contributed by atoms with E-state index in [1.807, 2.05) is 13.8 Å². The number of nitrogens with zero attached hydrogens (tertiary/aromatic N) is 2. The summed E-state index contributed by atoms with van der Waals surface area (Å²) in [6.07, 6.45) is 1.50. The van der Waals surface area contributed by atoms with Gasteiger partial charge in [0.1, 0.15) is 9.71 Å². The Hall–Kier alpha value is -1.71. The molecule has 0 radical (unpaired) electrons. The Morgan fingerprint density at radius 3 is 2.68 bits per heavy atom. The highest BCUT2D eigenvalue weighted by molar-refractivity contribution is 7.97. The van der Waals surface area contributed by atoms with Gasteiger partial charge in [0.25, 0.3) is 5.91 Å². The minimum Gasteiger partial charge on any atom is -0.397 e. The predicted octanol–water partition coefficient (Wildman–Crippen LogP) is 0.471. The van der Waals surface area contributed by atoms with Crippen molar-refractivity contribution < 1.29 is 9.00 Å². The molecule has 9 heteroatoms. The minimum atomic E-state index is -2.27. The van der Waals surface area contributed by atoms with E-state index in [9.17, 15) is 9.00 Å². The van der Waals surface area contributed by atoms with E-state index in [0.29, 0.717) is 28.5 Å². The second-order valence-corrected chi connectivity index (χ2v) is 8.39. The Morgan fingerprint density at radius 1 is 1.36 bits per heavy atom.